The van der Waals surface area contributed by atoms with Crippen LogP contribution >= 0.6 is 0 Å². The Morgan fingerprint density at radius 1 is 1.16 bits per heavy atom. The molecule has 7 nitrogen and oxygen atoms in total. The summed E-state index contributed by atoms with van der Waals surface area (Å²) in [5, 5.41) is 5.11. The Balaban J connectivity index is 2.58. The summed E-state index contributed by atoms with van der Waals surface area (Å²) in [6.07, 6.45) is 0.448. The van der Waals surface area contributed by atoms with Gasteiger partial charge in [-0.1, -0.05) is 32.0 Å². The lowest BCUT2D eigenvalue weighted by Gasteiger charge is -2.20. The first kappa shape index (κ1) is 20.5. The number of ether oxygens (including phenoxy) is 2. The summed E-state index contributed by atoms with van der Waals surface area (Å²) in [6, 6.07) is 6.62. The number of amides is 2. The van der Waals surface area contributed by atoms with Gasteiger partial charge in [-0.05, 0) is 30.9 Å². The van der Waals surface area contributed by atoms with Crippen LogP contribution < -0.4 is 15.4 Å². The number of esters is 1. The maximum Gasteiger partial charge on any atom is 0.325 e. The second-order valence-corrected chi connectivity index (χ2v) is 6.10. The van der Waals surface area contributed by atoms with E-state index in [0.717, 1.165) is 5.56 Å². The number of para-hydroxylation sites is 1. The van der Waals surface area contributed by atoms with Crippen molar-refractivity contribution in [3.05, 3.63) is 29.8 Å². The Hall–Kier alpha value is -2.57. The van der Waals surface area contributed by atoms with E-state index in [9.17, 15) is 14.4 Å². The second-order valence-electron chi connectivity index (χ2n) is 6.10. The average molecular weight is 350 g/mol. The number of nitrogens with one attached hydrogen (secondary N) is 2. The molecule has 0 aliphatic heterocycles. The molecule has 0 bridgehead atoms. The van der Waals surface area contributed by atoms with E-state index in [4.69, 9.17) is 4.74 Å². The molecule has 7 heteroatoms. The van der Waals surface area contributed by atoms with Gasteiger partial charge >= 0.3 is 5.97 Å². The molecule has 0 spiro atoms. The number of benzene rings is 1. The molecule has 0 aromatic heterocycles. The molecule has 2 N–H and O–H groups in total. The van der Waals surface area contributed by atoms with Crippen LogP contribution in [0.5, 0.6) is 5.75 Å². The van der Waals surface area contributed by atoms with E-state index in [1.807, 2.05) is 39.0 Å². The molecule has 0 unspecified atom stereocenters. The van der Waals surface area contributed by atoms with Gasteiger partial charge in [0.2, 0.25) is 5.91 Å². The van der Waals surface area contributed by atoms with Crippen molar-refractivity contribution in [1.29, 1.82) is 0 Å². The molecule has 138 valence electrons. The third-order valence-electron chi connectivity index (χ3n) is 3.45. The first-order valence-corrected chi connectivity index (χ1v) is 8.15. The second kappa shape index (κ2) is 10.3. The van der Waals surface area contributed by atoms with Crippen LogP contribution in [0.3, 0.4) is 0 Å². The smallest absolute Gasteiger partial charge is 0.325 e. The van der Waals surface area contributed by atoms with Crippen LogP contribution in [0.2, 0.25) is 0 Å². The van der Waals surface area contributed by atoms with Gasteiger partial charge < -0.3 is 20.1 Å². The van der Waals surface area contributed by atoms with Crippen LogP contribution in [0.15, 0.2) is 24.3 Å². The predicted molar refractivity (Wildman–Crippen MR) is 93.1 cm³/mol. The van der Waals surface area contributed by atoms with Gasteiger partial charge in [0.25, 0.3) is 5.91 Å². The molecule has 0 radical (unpaired) electrons. The minimum absolute atomic E-state index is 0.187. The fraction of sp³-hybridized carbons (Fsp3) is 0.500. The lowest BCUT2D eigenvalue weighted by atomic mass is 10.0. The van der Waals surface area contributed by atoms with Crippen molar-refractivity contribution < 1.29 is 23.9 Å². The molecule has 1 aromatic rings. The molecule has 25 heavy (non-hydrogen) atoms. The highest BCUT2D eigenvalue weighted by molar-refractivity contribution is 5.90. The number of carbonyl (C=O) groups is 3. The van der Waals surface area contributed by atoms with Crippen LogP contribution in [-0.4, -0.2) is 44.1 Å². The highest BCUT2D eigenvalue weighted by atomic mass is 16.5. The molecule has 1 aromatic carbocycles. The van der Waals surface area contributed by atoms with Crippen molar-refractivity contribution in [2.45, 2.75) is 33.2 Å². The summed E-state index contributed by atoms with van der Waals surface area (Å²) >= 11 is 0. The minimum Gasteiger partial charge on any atom is -0.484 e. The summed E-state index contributed by atoms with van der Waals surface area (Å²) in [5.74, 6) is -0.573. The fourth-order valence-corrected chi connectivity index (χ4v) is 2.16. The summed E-state index contributed by atoms with van der Waals surface area (Å²) in [4.78, 5) is 35.4. The zero-order chi connectivity index (χ0) is 18.8. The van der Waals surface area contributed by atoms with E-state index in [1.54, 1.807) is 6.07 Å². The summed E-state index contributed by atoms with van der Waals surface area (Å²) in [5.41, 5.74) is 0.921. The van der Waals surface area contributed by atoms with Gasteiger partial charge in [-0.3, -0.25) is 14.4 Å². The van der Waals surface area contributed by atoms with Crippen molar-refractivity contribution in [2.24, 2.45) is 5.92 Å². The Bertz CT molecular complexity index is 601. The minimum atomic E-state index is -0.738. The van der Waals surface area contributed by atoms with Crippen LogP contribution in [0, 0.1) is 12.8 Å². The molecule has 1 atom stereocenters. The van der Waals surface area contributed by atoms with Crippen molar-refractivity contribution in [3.8, 4) is 5.75 Å². The average Bonchev–Trinajstić information content (AvgIpc) is 2.57. The van der Waals surface area contributed by atoms with Crippen molar-refractivity contribution in [1.82, 2.24) is 10.6 Å². The number of hydrogen-bond acceptors (Lipinski definition) is 5. The molecule has 0 aliphatic carbocycles. The van der Waals surface area contributed by atoms with Gasteiger partial charge in [-0.25, -0.2) is 0 Å². The Morgan fingerprint density at radius 2 is 1.84 bits per heavy atom. The van der Waals surface area contributed by atoms with Crippen molar-refractivity contribution >= 4 is 17.8 Å². The first-order chi connectivity index (χ1) is 11.8. The van der Waals surface area contributed by atoms with Crippen molar-refractivity contribution in [2.75, 3.05) is 20.3 Å². The monoisotopic (exact) mass is 350 g/mol. The van der Waals surface area contributed by atoms with E-state index < -0.39 is 23.8 Å². The van der Waals surface area contributed by atoms with E-state index in [-0.39, 0.29) is 19.1 Å². The maximum absolute atomic E-state index is 12.2. The molecule has 1 rings (SSSR count). The molecular weight excluding hydrogens is 324 g/mol. The number of aryl methyl sites for hydroxylation is 1. The van der Waals surface area contributed by atoms with Crippen LogP contribution in [-0.2, 0) is 19.1 Å². The van der Waals surface area contributed by atoms with Gasteiger partial charge in [0, 0.05) is 0 Å². The first-order valence-electron chi connectivity index (χ1n) is 8.15. The van der Waals surface area contributed by atoms with Crippen molar-refractivity contribution in [3.63, 3.8) is 0 Å². The van der Waals surface area contributed by atoms with Gasteiger partial charge in [0.05, 0.1) is 7.11 Å². The quantitative estimate of drug-likeness (QED) is 0.653. The zero-order valence-electron chi connectivity index (χ0n) is 15.1. The topological polar surface area (TPSA) is 93.7 Å². The Morgan fingerprint density at radius 3 is 2.44 bits per heavy atom. The molecule has 0 saturated carbocycles. The Kier molecular flexibility index (Phi) is 8.46. The number of methoxy groups -OCH3 is 1. The lowest BCUT2D eigenvalue weighted by Crippen LogP contribution is -2.49. The van der Waals surface area contributed by atoms with Crippen LogP contribution in [0.4, 0.5) is 0 Å². The van der Waals surface area contributed by atoms with E-state index in [2.05, 4.69) is 15.4 Å². The molecular formula is C18H26N2O5. The van der Waals surface area contributed by atoms with E-state index in [0.29, 0.717) is 12.2 Å². The third-order valence-corrected chi connectivity index (χ3v) is 3.45. The Labute approximate surface area is 148 Å². The fourth-order valence-electron chi connectivity index (χ4n) is 2.16. The highest BCUT2D eigenvalue weighted by Crippen LogP contribution is 2.15. The summed E-state index contributed by atoms with van der Waals surface area (Å²) in [7, 11) is 1.24. The van der Waals surface area contributed by atoms with Gasteiger partial charge in [0.15, 0.2) is 6.61 Å². The highest BCUT2D eigenvalue weighted by Gasteiger charge is 2.22. The SMILES string of the molecule is COC(=O)CNC(=O)[C@H](CC(C)C)NC(=O)COc1ccccc1C. The largest absolute Gasteiger partial charge is 0.484 e. The van der Waals surface area contributed by atoms with E-state index in [1.165, 1.54) is 7.11 Å². The normalized spacial score (nSPS) is 11.6. The summed E-state index contributed by atoms with van der Waals surface area (Å²) in [6.45, 7) is 5.34. The van der Waals surface area contributed by atoms with E-state index >= 15 is 0 Å². The summed E-state index contributed by atoms with van der Waals surface area (Å²) < 4.78 is 9.96. The van der Waals surface area contributed by atoms with Gasteiger partial charge in [-0.2, -0.15) is 0 Å². The van der Waals surface area contributed by atoms with Gasteiger partial charge in [0.1, 0.15) is 18.3 Å². The molecule has 2 amide bonds. The zero-order valence-corrected chi connectivity index (χ0v) is 15.1. The lowest BCUT2D eigenvalue weighted by molar-refractivity contribution is -0.141. The molecule has 0 aliphatic rings. The van der Waals surface area contributed by atoms with Crippen LogP contribution in [0.25, 0.3) is 0 Å². The molecule has 0 fully saturated rings. The molecule has 0 saturated heterocycles. The van der Waals surface area contributed by atoms with Gasteiger partial charge in [-0.15, -0.1) is 0 Å². The third kappa shape index (κ3) is 7.69. The number of carbonyl (C=O) groups excluding carboxylic acids is 3. The van der Waals surface area contributed by atoms with Crippen LogP contribution in [0.1, 0.15) is 25.8 Å². The standard InChI is InChI=1S/C18H26N2O5/c1-12(2)9-14(18(23)19-10-17(22)24-4)20-16(21)11-25-15-8-6-5-7-13(15)3/h5-8,12,14H,9-11H2,1-4H3,(H,19,23)(H,20,21)/t14-/m0/s1. The maximum atomic E-state index is 12.2. The number of rotatable bonds is 9. The predicted octanol–water partition coefficient (Wildman–Crippen LogP) is 1.19. The number of hydrogen-bond donors (Lipinski definition) is 2. The molecule has 0 heterocycles.